The van der Waals surface area contributed by atoms with E-state index in [0.29, 0.717) is 17.5 Å². The molecule has 0 radical (unpaired) electrons. The van der Waals surface area contributed by atoms with Crippen LogP contribution in [0.2, 0.25) is 0 Å². The number of rotatable bonds is 8. The van der Waals surface area contributed by atoms with Crippen LogP contribution in [-0.4, -0.2) is 33.0 Å². The minimum Gasteiger partial charge on any atom is -0.368 e. The van der Waals surface area contributed by atoms with Crippen LogP contribution in [-0.2, 0) is 0 Å². The second-order valence-corrected chi connectivity index (χ2v) is 4.99. The summed E-state index contributed by atoms with van der Waals surface area (Å²) in [5.74, 6) is 2.13. The van der Waals surface area contributed by atoms with Gasteiger partial charge in [-0.3, -0.25) is 0 Å². The van der Waals surface area contributed by atoms with Crippen LogP contribution in [0.1, 0.15) is 40.0 Å². The fraction of sp³-hybridized carbons (Fsp3) is 0.643. The zero-order valence-electron chi connectivity index (χ0n) is 12.5. The molecule has 0 unspecified atom stereocenters. The van der Waals surface area contributed by atoms with Crippen molar-refractivity contribution in [2.24, 2.45) is 5.92 Å². The van der Waals surface area contributed by atoms with Crippen molar-refractivity contribution in [1.29, 1.82) is 0 Å². The maximum absolute atomic E-state index is 4.55. The van der Waals surface area contributed by atoms with Gasteiger partial charge in [-0.1, -0.05) is 33.6 Å². The van der Waals surface area contributed by atoms with Crippen LogP contribution in [0, 0.1) is 5.92 Å². The van der Waals surface area contributed by atoms with Gasteiger partial charge in [0.25, 0.3) is 0 Å². The number of anilines is 2. The summed E-state index contributed by atoms with van der Waals surface area (Å²) in [6.07, 6.45) is 5.03. The van der Waals surface area contributed by atoms with Gasteiger partial charge in [-0.2, -0.15) is 9.97 Å². The SMILES string of the molecule is CCCNc1nc(NCC(CC)CC)c2[nH]cnc2n1. The molecule has 3 N–H and O–H groups in total. The predicted molar refractivity (Wildman–Crippen MR) is 83.0 cm³/mol. The fourth-order valence-electron chi connectivity index (χ4n) is 2.10. The fourth-order valence-corrected chi connectivity index (χ4v) is 2.10. The van der Waals surface area contributed by atoms with Gasteiger partial charge >= 0.3 is 0 Å². The molecule has 0 aliphatic heterocycles. The van der Waals surface area contributed by atoms with Crippen molar-refractivity contribution in [2.75, 3.05) is 23.7 Å². The molecule has 2 aromatic heterocycles. The summed E-state index contributed by atoms with van der Waals surface area (Å²) >= 11 is 0. The standard InChI is InChI=1S/C14H24N6/c1-4-7-15-14-19-12(16-8-10(5-2)6-3)11-13(20-14)18-9-17-11/h9-10H,4-8H2,1-3H3,(H3,15,16,17,18,19,20). The zero-order chi connectivity index (χ0) is 14.4. The summed E-state index contributed by atoms with van der Waals surface area (Å²) in [5.41, 5.74) is 1.57. The van der Waals surface area contributed by atoms with E-state index in [2.05, 4.69) is 51.3 Å². The van der Waals surface area contributed by atoms with E-state index >= 15 is 0 Å². The van der Waals surface area contributed by atoms with Gasteiger partial charge < -0.3 is 15.6 Å². The molecule has 0 atom stereocenters. The predicted octanol–water partition coefficient (Wildman–Crippen LogP) is 3.02. The Hall–Kier alpha value is -1.85. The molecule has 2 aromatic rings. The quantitative estimate of drug-likeness (QED) is 0.690. The Morgan fingerprint density at radius 2 is 1.95 bits per heavy atom. The molecule has 0 saturated heterocycles. The van der Waals surface area contributed by atoms with E-state index in [1.165, 1.54) is 12.8 Å². The van der Waals surface area contributed by atoms with E-state index in [1.54, 1.807) is 6.33 Å². The van der Waals surface area contributed by atoms with Crippen LogP contribution in [0.5, 0.6) is 0 Å². The number of imidazole rings is 1. The van der Waals surface area contributed by atoms with Gasteiger partial charge in [-0.25, -0.2) is 4.98 Å². The molecule has 110 valence electrons. The Morgan fingerprint density at radius 3 is 2.65 bits per heavy atom. The topological polar surface area (TPSA) is 78.5 Å². The van der Waals surface area contributed by atoms with Crippen molar-refractivity contribution >= 4 is 22.9 Å². The minimum absolute atomic E-state index is 0.637. The highest BCUT2D eigenvalue weighted by molar-refractivity contribution is 5.83. The summed E-state index contributed by atoms with van der Waals surface area (Å²) in [7, 11) is 0. The molecule has 0 bridgehead atoms. The lowest BCUT2D eigenvalue weighted by molar-refractivity contribution is 0.518. The van der Waals surface area contributed by atoms with Crippen LogP contribution < -0.4 is 10.6 Å². The van der Waals surface area contributed by atoms with Gasteiger partial charge in [0.1, 0.15) is 5.52 Å². The molecule has 2 rings (SSSR count). The van der Waals surface area contributed by atoms with Gasteiger partial charge in [-0.15, -0.1) is 0 Å². The molecule has 6 nitrogen and oxygen atoms in total. The number of fused-ring (bicyclic) bond motifs is 1. The summed E-state index contributed by atoms with van der Waals surface area (Å²) < 4.78 is 0. The third-order valence-electron chi connectivity index (χ3n) is 3.53. The Kier molecular flexibility index (Phi) is 5.15. The van der Waals surface area contributed by atoms with Crippen molar-refractivity contribution in [3.63, 3.8) is 0 Å². The number of nitrogens with one attached hydrogen (secondary N) is 3. The van der Waals surface area contributed by atoms with E-state index in [0.717, 1.165) is 30.8 Å². The van der Waals surface area contributed by atoms with Crippen LogP contribution in [0.15, 0.2) is 6.33 Å². The second-order valence-electron chi connectivity index (χ2n) is 4.99. The number of aromatic nitrogens is 4. The second kappa shape index (κ2) is 7.07. The molecule has 2 heterocycles. The number of hydrogen-bond donors (Lipinski definition) is 3. The number of nitrogens with zero attached hydrogens (tertiary/aromatic N) is 3. The van der Waals surface area contributed by atoms with Gasteiger partial charge in [-0.05, 0) is 12.3 Å². The third kappa shape index (κ3) is 3.37. The smallest absolute Gasteiger partial charge is 0.226 e. The average Bonchev–Trinajstić information content (AvgIpc) is 2.94. The van der Waals surface area contributed by atoms with Gasteiger partial charge in [0.15, 0.2) is 11.5 Å². The molecule has 0 aliphatic carbocycles. The Morgan fingerprint density at radius 1 is 1.15 bits per heavy atom. The first-order chi connectivity index (χ1) is 9.78. The lowest BCUT2D eigenvalue weighted by Gasteiger charge is -2.14. The molecule has 0 spiro atoms. The molecule has 0 aromatic carbocycles. The number of H-pyrrole nitrogens is 1. The van der Waals surface area contributed by atoms with E-state index in [4.69, 9.17) is 0 Å². The maximum Gasteiger partial charge on any atom is 0.226 e. The lowest BCUT2D eigenvalue weighted by atomic mass is 10.0. The van der Waals surface area contributed by atoms with Gasteiger partial charge in [0, 0.05) is 13.1 Å². The highest BCUT2D eigenvalue weighted by Crippen LogP contribution is 2.19. The van der Waals surface area contributed by atoms with Crippen molar-refractivity contribution in [1.82, 2.24) is 19.9 Å². The zero-order valence-corrected chi connectivity index (χ0v) is 12.5. The van der Waals surface area contributed by atoms with Gasteiger partial charge in [0.2, 0.25) is 5.95 Å². The lowest BCUT2D eigenvalue weighted by Crippen LogP contribution is -2.15. The Bertz CT molecular complexity index is 531. The highest BCUT2D eigenvalue weighted by Gasteiger charge is 2.11. The molecular weight excluding hydrogens is 252 g/mol. The van der Waals surface area contributed by atoms with E-state index in [-0.39, 0.29) is 0 Å². The van der Waals surface area contributed by atoms with Crippen molar-refractivity contribution in [3.8, 4) is 0 Å². The normalized spacial score (nSPS) is 11.2. The van der Waals surface area contributed by atoms with Crippen LogP contribution in [0.4, 0.5) is 11.8 Å². The largest absolute Gasteiger partial charge is 0.368 e. The first-order valence-electron chi connectivity index (χ1n) is 7.47. The summed E-state index contributed by atoms with van der Waals surface area (Å²) in [6.45, 7) is 8.34. The molecule has 0 fully saturated rings. The number of hydrogen-bond acceptors (Lipinski definition) is 5. The third-order valence-corrected chi connectivity index (χ3v) is 3.53. The molecule has 0 amide bonds. The number of aromatic amines is 1. The van der Waals surface area contributed by atoms with E-state index in [9.17, 15) is 0 Å². The Labute approximate surface area is 119 Å². The van der Waals surface area contributed by atoms with Crippen molar-refractivity contribution in [2.45, 2.75) is 40.0 Å². The minimum atomic E-state index is 0.637. The van der Waals surface area contributed by atoms with Gasteiger partial charge in [0.05, 0.1) is 6.33 Å². The first kappa shape index (κ1) is 14.6. The van der Waals surface area contributed by atoms with E-state index in [1.807, 2.05) is 0 Å². The van der Waals surface area contributed by atoms with Crippen molar-refractivity contribution in [3.05, 3.63) is 6.33 Å². The summed E-state index contributed by atoms with van der Waals surface area (Å²) in [6, 6.07) is 0. The maximum atomic E-state index is 4.55. The molecule has 6 heteroatoms. The molecular formula is C14H24N6. The van der Waals surface area contributed by atoms with Crippen LogP contribution in [0.3, 0.4) is 0 Å². The monoisotopic (exact) mass is 276 g/mol. The summed E-state index contributed by atoms with van der Waals surface area (Å²) in [5, 5.41) is 6.65. The first-order valence-corrected chi connectivity index (χ1v) is 7.47. The van der Waals surface area contributed by atoms with E-state index < -0.39 is 0 Å². The average molecular weight is 276 g/mol. The van der Waals surface area contributed by atoms with Crippen LogP contribution >= 0.6 is 0 Å². The highest BCUT2D eigenvalue weighted by atomic mass is 15.2. The molecule has 20 heavy (non-hydrogen) atoms. The molecule has 0 aliphatic rings. The van der Waals surface area contributed by atoms with Crippen LogP contribution in [0.25, 0.3) is 11.2 Å². The summed E-state index contributed by atoms with van der Waals surface area (Å²) in [4.78, 5) is 16.3. The van der Waals surface area contributed by atoms with Crippen molar-refractivity contribution < 1.29 is 0 Å². The Balaban J connectivity index is 2.18. The molecule has 0 saturated carbocycles.